The number of hydrogen-bond acceptors (Lipinski definition) is 3. The van der Waals surface area contributed by atoms with Gasteiger partial charge in [0.15, 0.2) is 0 Å². The first-order chi connectivity index (χ1) is 6.90. The summed E-state index contributed by atoms with van der Waals surface area (Å²) in [5.74, 6) is -0.716. The maximum Gasteiger partial charge on any atom is 0.240 e. The lowest BCUT2D eigenvalue weighted by molar-refractivity contribution is -0.138. The van der Waals surface area contributed by atoms with Crippen LogP contribution in [0.15, 0.2) is 0 Å². The van der Waals surface area contributed by atoms with E-state index in [1.165, 1.54) is 4.90 Å². The minimum absolute atomic E-state index is 0. The summed E-state index contributed by atoms with van der Waals surface area (Å²) in [5, 5.41) is 0. The lowest BCUT2D eigenvalue weighted by atomic mass is 10.1. The maximum atomic E-state index is 11.8. The van der Waals surface area contributed by atoms with E-state index >= 15 is 0 Å². The molecule has 0 aromatic carbocycles. The molecule has 96 valence electrons. The average Bonchev–Trinajstić information content (AvgIpc) is 2.12. The van der Waals surface area contributed by atoms with Gasteiger partial charge in [-0.2, -0.15) is 0 Å². The average molecular weight is 252 g/mol. The van der Waals surface area contributed by atoms with Crippen molar-refractivity contribution >= 4 is 24.2 Å². The van der Waals surface area contributed by atoms with E-state index in [0.717, 1.165) is 6.42 Å². The first-order valence-electron chi connectivity index (χ1n) is 5.24. The first-order valence-corrected chi connectivity index (χ1v) is 5.24. The summed E-state index contributed by atoms with van der Waals surface area (Å²) in [6, 6.07) is -0.593. The molecule has 0 aliphatic heterocycles. The molecular weight excluding hydrogens is 230 g/mol. The second-order valence-electron chi connectivity index (χ2n) is 3.92. The van der Waals surface area contributed by atoms with Crippen molar-refractivity contribution in [1.29, 1.82) is 0 Å². The van der Waals surface area contributed by atoms with E-state index in [9.17, 15) is 9.59 Å². The van der Waals surface area contributed by atoms with Crippen LogP contribution >= 0.6 is 12.4 Å². The summed E-state index contributed by atoms with van der Waals surface area (Å²) >= 11 is 0. The molecule has 2 amide bonds. The summed E-state index contributed by atoms with van der Waals surface area (Å²) in [6.45, 7) is 5.56. The van der Waals surface area contributed by atoms with Crippen LogP contribution in [0, 0.1) is 0 Å². The van der Waals surface area contributed by atoms with E-state index in [1.54, 1.807) is 0 Å². The summed E-state index contributed by atoms with van der Waals surface area (Å²) < 4.78 is 0. The summed E-state index contributed by atoms with van der Waals surface area (Å²) in [4.78, 5) is 24.0. The second-order valence-corrected chi connectivity index (χ2v) is 3.92. The lowest BCUT2D eigenvalue weighted by Gasteiger charge is -2.28. The Bertz CT molecular complexity index is 234. The lowest BCUT2D eigenvalue weighted by Crippen LogP contribution is -2.49. The van der Waals surface area contributed by atoms with Crippen LogP contribution in [-0.2, 0) is 9.59 Å². The van der Waals surface area contributed by atoms with Gasteiger partial charge in [-0.3, -0.25) is 9.59 Å². The zero-order valence-corrected chi connectivity index (χ0v) is 10.9. The number of amides is 2. The van der Waals surface area contributed by atoms with Gasteiger partial charge >= 0.3 is 0 Å². The predicted molar refractivity (Wildman–Crippen MR) is 66.2 cm³/mol. The van der Waals surface area contributed by atoms with Crippen LogP contribution in [0.4, 0.5) is 0 Å². The molecule has 0 aromatic heterocycles. The molecule has 6 heteroatoms. The fraction of sp³-hybridized carbons (Fsp3) is 0.800. The largest absolute Gasteiger partial charge is 0.368 e. The molecule has 0 spiro atoms. The topological polar surface area (TPSA) is 89.4 Å². The van der Waals surface area contributed by atoms with Gasteiger partial charge < -0.3 is 16.4 Å². The quantitative estimate of drug-likeness (QED) is 0.710. The fourth-order valence-corrected chi connectivity index (χ4v) is 1.33. The Hall–Kier alpha value is -0.810. The summed E-state index contributed by atoms with van der Waals surface area (Å²) in [6.07, 6.45) is 1.47. The number of rotatable bonds is 6. The highest BCUT2D eigenvalue weighted by Gasteiger charge is 2.23. The van der Waals surface area contributed by atoms with Crippen LogP contribution in [0.25, 0.3) is 0 Å². The van der Waals surface area contributed by atoms with Gasteiger partial charge in [0.1, 0.15) is 0 Å². The SMILES string of the molecule is CCCC(N)C(=O)N(CC(N)=O)C(C)C.Cl. The third-order valence-electron chi connectivity index (χ3n) is 2.15. The van der Waals surface area contributed by atoms with E-state index < -0.39 is 11.9 Å². The second kappa shape index (κ2) is 8.35. The van der Waals surface area contributed by atoms with Gasteiger partial charge in [0.05, 0.1) is 12.6 Å². The molecule has 0 saturated heterocycles. The number of carbonyl (C=O) groups is 2. The zero-order chi connectivity index (χ0) is 12.0. The fourth-order valence-electron chi connectivity index (χ4n) is 1.33. The van der Waals surface area contributed by atoms with Crippen molar-refractivity contribution in [2.75, 3.05) is 6.54 Å². The highest BCUT2D eigenvalue weighted by atomic mass is 35.5. The number of carbonyl (C=O) groups excluding carboxylic acids is 2. The molecule has 0 aromatic rings. The summed E-state index contributed by atoms with van der Waals surface area (Å²) in [5.41, 5.74) is 10.8. The Kier molecular flexibility index (Phi) is 9.18. The highest BCUT2D eigenvalue weighted by Crippen LogP contribution is 2.04. The molecule has 0 heterocycles. The number of hydrogen-bond donors (Lipinski definition) is 2. The molecule has 0 bridgehead atoms. The van der Waals surface area contributed by atoms with Gasteiger partial charge in [0, 0.05) is 6.04 Å². The smallest absolute Gasteiger partial charge is 0.240 e. The minimum atomic E-state index is -0.531. The van der Waals surface area contributed by atoms with Gasteiger partial charge in [-0.1, -0.05) is 13.3 Å². The van der Waals surface area contributed by atoms with Crippen LogP contribution in [0.5, 0.6) is 0 Å². The number of primary amides is 1. The minimum Gasteiger partial charge on any atom is -0.368 e. The Morgan fingerprint density at radius 2 is 1.81 bits per heavy atom. The van der Waals surface area contributed by atoms with Crippen LogP contribution in [0.2, 0.25) is 0 Å². The molecule has 0 aliphatic rings. The Morgan fingerprint density at radius 1 is 1.31 bits per heavy atom. The van der Waals surface area contributed by atoms with Crippen molar-refractivity contribution < 1.29 is 9.59 Å². The standard InChI is InChI=1S/C10H21N3O2.ClH/c1-4-5-8(11)10(15)13(7(2)3)6-9(12)14;/h7-8H,4-6,11H2,1-3H3,(H2,12,14);1H. The van der Waals surface area contributed by atoms with Gasteiger partial charge in [0.2, 0.25) is 11.8 Å². The molecule has 5 nitrogen and oxygen atoms in total. The third kappa shape index (κ3) is 5.92. The summed E-state index contributed by atoms with van der Waals surface area (Å²) in [7, 11) is 0. The van der Waals surface area contributed by atoms with Crippen LogP contribution in [0.1, 0.15) is 33.6 Å². The highest BCUT2D eigenvalue weighted by molar-refractivity contribution is 5.87. The molecule has 0 fully saturated rings. The van der Waals surface area contributed by atoms with Crippen molar-refractivity contribution in [2.45, 2.75) is 45.7 Å². The number of nitrogens with zero attached hydrogens (tertiary/aromatic N) is 1. The molecule has 1 atom stereocenters. The van der Waals surface area contributed by atoms with Crippen LogP contribution in [-0.4, -0.2) is 35.3 Å². The van der Waals surface area contributed by atoms with Gasteiger partial charge in [-0.15, -0.1) is 12.4 Å². The number of nitrogens with two attached hydrogens (primary N) is 2. The molecule has 4 N–H and O–H groups in total. The van der Waals surface area contributed by atoms with Crippen molar-refractivity contribution in [1.82, 2.24) is 4.90 Å². The maximum absolute atomic E-state index is 11.8. The van der Waals surface area contributed by atoms with E-state index in [0.29, 0.717) is 6.42 Å². The van der Waals surface area contributed by atoms with Gasteiger partial charge in [0.25, 0.3) is 0 Å². The predicted octanol–water partition coefficient (Wildman–Crippen LogP) is 0.258. The van der Waals surface area contributed by atoms with E-state index in [2.05, 4.69) is 0 Å². The third-order valence-corrected chi connectivity index (χ3v) is 2.15. The van der Waals surface area contributed by atoms with Crippen molar-refractivity contribution in [3.05, 3.63) is 0 Å². The monoisotopic (exact) mass is 251 g/mol. The van der Waals surface area contributed by atoms with E-state index in [-0.39, 0.29) is 30.9 Å². The molecule has 0 rings (SSSR count). The van der Waals surface area contributed by atoms with E-state index in [4.69, 9.17) is 11.5 Å². The molecule has 0 radical (unpaired) electrons. The van der Waals surface area contributed by atoms with Gasteiger partial charge in [-0.25, -0.2) is 0 Å². The number of halogens is 1. The Balaban J connectivity index is 0. The Morgan fingerprint density at radius 3 is 2.12 bits per heavy atom. The van der Waals surface area contributed by atoms with Crippen LogP contribution < -0.4 is 11.5 Å². The van der Waals surface area contributed by atoms with Crippen molar-refractivity contribution in [3.8, 4) is 0 Å². The molecular formula is C10H22ClN3O2. The van der Waals surface area contributed by atoms with Crippen molar-refractivity contribution in [3.63, 3.8) is 0 Å². The van der Waals surface area contributed by atoms with E-state index in [1.807, 2.05) is 20.8 Å². The Labute approximate surface area is 103 Å². The first kappa shape index (κ1) is 17.6. The zero-order valence-electron chi connectivity index (χ0n) is 10.1. The normalized spacial score (nSPS) is 11.8. The molecule has 1 unspecified atom stereocenters. The van der Waals surface area contributed by atoms with Crippen LogP contribution in [0.3, 0.4) is 0 Å². The van der Waals surface area contributed by atoms with Crippen molar-refractivity contribution in [2.24, 2.45) is 11.5 Å². The molecule has 0 saturated carbocycles. The molecule has 16 heavy (non-hydrogen) atoms. The molecule has 0 aliphatic carbocycles. The van der Waals surface area contributed by atoms with Gasteiger partial charge in [-0.05, 0) is 20.3 Å².